The Hall–Kier alpha value is -4.13. The monoisotopic (exact) mass is 432 g/mol. The van der Waals surface area contributed by atoms with Gasteiger partial charge >= 0.3 is 5.97 Å². The summed E-state index contributed by atoms with van der Waals surface area (Å²) in [6.07, 6.45) is 8.90. The van der Waals surface area contributed by atoms with Gasteiger partial charge in [-0.25, -0.2) is 9.78 Å². The van der Waals surface area contributed by atoms with Crippen molar-refractivity contribution in [2.75, 3.05) is 12.3 Å². The molecule has 0 saturated heterocycles. The number of carboxylic acid groups (broad SMARTS) is 1. The molecule has 0 aliphatic carbocycles. The van der Waals surface area contributed by atoms with Gasteiger partial charge in [-0.3, -0.25) is 4.79 Å². The number of pyridine rings is 1. The van der Waals surface area contributed by atoms with E-state index in [0.29, 0.717) is 17.9 Å². The molecule has 0 unspecified atom stereocenters. The van der Waals surface area contributed by atoms with E-state index in [-0.39, 0.29) is 27.9 Å². The van der Waals surface area contributed by atoms with Gasteiger partial charge in [0.2, 0.25) is 0 Å². The summed E-state index contributed by atoms with van der Waals surface area (Å²) in [5.41, 5.74) is 5.45. The number of ether oxygens (including phenoxy) is 1. The second-order valence-corrected chi connectivity index (χ2v) is 7.09. The molecule has 0 amide bonds. The Morgan fingerprint density at radius 3 is 2.53 bits per heavy atom. The first kappa shape index (κ1) is 22.6. The van der Waals surface area contributed by atoms with Crippen LogP contribution in [0, 0.1) is 0 Å². The molecule has 32 heavy (non-hydrogen) atoms. The number of hydrogen-bond acceptors (Lipinski definition) is 6. The maximum absolute atomic E-state index is 13.1. The number of benzene rings is 2. The molecular weight excluding hydrogens is 408 g/mol. The van der Waals surface area contributed by atoms with Crippen molar-refractivity contribution >= 4 is 28.3 Å². The van der Waals surface area contributed by atoms with E-state index < -0.39 is 17.4 Å². The number of aromatic carboxylic acids is 1. The Labute approximate surface area is 185 Å². The summed E-state index contributed by atoms with van der Waals surface area (Å²) in [6.45, 7) is 4.11. The molecule has 0 atom stereocenters. The Kier molecular flexibility index (Phi) is 7.23. The number of allylic oxidation sites excluding steroid dienone is 2. The van der Waals surface area contributed by atoms with Crippen LogP contribution in [-0.4, -0.2) is 33.6 Å². The maximum Gasteiger partial charge on any atom is 0.356 e. The van der Waals surface area contributed by atoms with Crippen LogP contribution in [0.25, 0.3) is 10.9 Å². The number of anilines is 1. The summed E-state index contributed by atoms with van der Waals surface area (Å²) in [7, 11) is 0. The highest BCUT2D eigenvalue weighted by Crippen LogP contribution is 2.34. The van der Waals surface area contributed by atoms with Crippen molar-refractivity contribution < 1.29 is 24.5 Å². The Morgan fingerprint density at radius 1 is 1.09 bits per heavy atom. The number of nitrogens with zero attached hydrogens (tertiary/aromatic N) is 1. The number of ketones is 1. The number of aromatic nitrogens is 1. The smallest absolute Gasteiger partial charge is 0.356 e. The minimum Gasteiger partial charge on any atom is -0.505 e. The first-order valence-electron chi connectivity index (χ1n) is 10.1. The predicted molar refractivity (Wildman–Crippen MR) is 123 cm³/mol. The molecule has 0 aliphatic rings. The van der Waals surface area contributed by atoms with Crippen molar-refractivity contribution in [2.45, 2.75) is 19.3 Å². The van der Waals surface area contributed by atoms with Crippen molar-refractivity contribution in [3.63, 3.8) is 0 Å². The third-order valence-electron chi connectivity index (χ3n) is 4.88. The van der Waals surface area contributed by atoms with Gasteiger partial charge in [0.15, 0.2) is 11.5 Å². The molecule has 2 aromatic carbocycles. The van der Waals surface area contributed by atoms with Crippen molar-refractivity contribution in [2.24, 2.45) is 0 Å². The number of nitrogen functional groups attached to an aromatic ring is 1. The summed E-state index contributed by atoms with van der Waals surface area (Å²) < 4.78 is 5.65. The molecule has 0 fully saturated rings. The van der Waals surface area contributed by atoms with E-state index in [2.05, 4.69) is 17.6 Å². The van der Waals surface area contributed by atoms with Gasteiger partial charge in [0.1, 0.15) is 23.8 Å². The molecule has 0 bridgehead atoms. The fourth-order valence-corrected chi connectivity index (χ4v) is 3.20. The number of rotatable bonds is 10. The molecule has 7 heteroatoms. The van der Waals surface area contributed by atoms with Crippen LogP contribution in [0.3, 0.4) is 0 Å². The fourth-order valence-electron chi connectivity index (χ4n) is 3.20. The van der Waals surface area contributed by atoms with Crippen LogP contribution in [0.1, 0.15) is 45.7 Å². The summed E-state index contributed by atoms with van der Waals surface area (Å²) in [5.74, 6) is -1.55. The van der Waals surface area contributed by atoms with Gasteiger partial charge in [-0.2, -0.15) is 0 Å². The van der Waals surface area contributed by atoms with Crippen molar-refractivity contribution in [3.8, 4) is 11.5 Å². The minimum atomic E-state index is -1.39. The molecule has 7 nitrogen and oxygen atoms in total. The second kappa shape index (κ2) is 10.3. The first-order valence-corrected chi connectivity index (χ1v) is 10.1. The molecule has 0 radical (unpaired) electrons. The first-order chi connectivity index (χ1) is 15.4. The van der Waals surface area contributed by atoms with Gasteiger partial charge in [0.25, 0.3) is 0 Å². The number of hydrogen-bond donors (Lipinski definition) is 3. The van der Waals surface area contributed by atoms with Crippen LogP contribution < -0.4 is 10.5 Å². The van der Waals surface area contributed by atoms with E-state index in [1.165, 1.54) is 12.1 Å². The molecule has 164 valence electrons. The molecule has 1 aromatic heterocycles. The van der Waals surface area contributed by atoms with E-state index in [4.69, 9.17) is 10.5 Å². The quantitative estimate of drug-likeness (QED) is 0.240. The number of fused-ring (bicyclic) bond motifs is 1. The average Bonchev–Trinajstić information content (AvgIpc) is 2.80. The van der Waals surface area contributed by atoms with Crippen LogP contribution in [0.5, 0.6) is 11.5 Å². The topological polar surface area (TPSA) is 123 Å². The molecule has 3 aromatic rings. The third-order valence-corrected chi connectivity index (χ3v) is 4.88. The Balaban J connectivity index is 1.79. The summed E-state index contributed by atoms with van der Waals surface area (Å²) in [6, 6.07) is 11.3. The molecule has 3 rings (SSSR count). The molecule has 0 saturated carbocycles. The zero-order chi connectivity index (χ0) is 23.1. The highest BCUT2D eigenvalue weighted by molar-refractivity contribution is 6.17. The summed E-state index contributed by atoms with van der Waals surface area (Å²) in [4.78, 5) is 28.5. The number of aromatic hydroxyl groups is 1. The average molecular weight is 432 g/mol. The van der Waals surface area contributed by atoms with Gasteiger partial charge in [0, 0.05) is 16.5 Å². The van der Waals surface area contributed by atoms with E-state index in [0.717, 1.165) is 19.3 Å². The van der Waals surface area contributed by atoms with Gasteiger partial charge in [-0.05, 0) is 55.7 Å². The Morgan fingerprint density at radius 2 is 1.84 bits per heavy atom. The van der Waals surface area contributed by atoms with Gasteiger partial charge in [0.05, 0.1) is 5.52 Å². The molecule has 0 aliphatic heterocycles. The molecule has 4 N–H and O–H groups in total. The molecule has 0 spiro atoms. The lowest BCUT2D eigenvalue weighted by Gasteiger charge is -2.11. The van der Waals surface area contributed by atoms with E-state index in [1.54, 1.807) is 30.3 Å². The van der Waals surface area contributed by atoms with Crippen LogP contribution in [0.2, 0.25) is 0 Å². The highest BCUT2D eigenvalue weighted by atomic mass is 16.5. The lowest BCUT2D eigenvalue weighted by atomic mass is 9.99. The van der Waals surface area contributed by atoms with Crippen molar-refractivity contribution in [3.05, 3.63) is 84.1 Å². The Bertz CT molecular complexity index is 1180. The van der Waals surface area contributed by atoms with Gasteiger partial charge < -0.3 is 20.7 Å². The molecular formula is C25H24N2O5. The largest absolute Gasteiger partial charge is 0.505 e. The van der Waals surface area contributed by atoms with Crippen LogP contribution in [0.15, 0.2) is 67.3 Å². The zero-order valence-corrected chi connectivity index (χ0v) is 17.5. The van der Waals surface area contributed by atoms with Crippen molar-refractivity contribution in [1.29, 1.82) is 0 Å². The van der Waals surface area contributed by atoms with Crippen molar-refractivity contribution in [1.82, 2.24) is 4.98 Å². The van der Waals surface area contributed by atoms with E-state index in [9.17, 15) is 19.8 Å². The summed E-state index contributed by atoms with van der Waals surface area (Å²) >= 11 is 0. The number of unbranched alkanes of at least 4 members (excludes halogenated alkanes) is 2. The number of para-hydroxylation sites is 1. The zero-order valence-electron chi connectivity index (χ0n) is 17.5. The SMILES string of the molecule is C=CCCC/C=C/COc1ccc(C(=O)c2cccc3c(O)c(N)c(C(=O)O)nc23)cc1. The highest BCUT2D eigenvalue weighted by Gasteiger charge is 2.21. The standard InChI is InChI=1S/C25H24N2O5/c1-2-3-4-5-6-7-15-32-17-13-11-16(12-14-17)23(28)18-9-8-10-19-21(18)27-22(25(30)31)20(26)24(19)29/h2,6-14H,1,3-5,15,26H2,(H,27,29)(H,30,31)/b7-6+. The van der Waals surface area contributed by atoms with Crippen LogP contribution >= 0.6 is 0 Å². The fraction of sp³-hybridized carbons (Fsp3) is 0.160. The van der Waals surface area contributed by atoms with Crippen LogP contribution in [-0.2, 0) is 0 Å². The van der Waals surface area contributed by atoms with Crippen LogP contribution in [0.4, 0.5) is 5.69 Å². The maximum atomic E-state index is 13.1. The number of nitrogens with two attached hydrogens (primary N) is 1. The predicted octanol–water partition coefficient (Wildman–Crippen LogP) is 4.74. The number of carboxylic acids is 1. The minimum absolute atomic E-state index is 0.0727. The van der Waals surface area contributed by atoms with E-state index >= 15 is 0 Å². The second-order valence-electron chi connectivity index (χ2n) is 7.09. The molecule has 1 heterocycles. The lowest BCUT2D eigenvalue weighted by molar-refractivity contribution is 0.0691. The van der Waals surface area contributed by atoms with Gasteiger partial charge in [-0.1, -0.05) is 24.3 Å². The van der Waals surface area contributed by atoms with E-state index in [1.807, 2.05) is 12.2 Å². The summed E-state index contributed by atoms with van der Waals surface area (Å²) in [5, 5.41) is 19.8. The number of carbonyl (C=O) groups is 2. The lowest BCUT2D eigenvalue weighted by Crippen LogP contribution is -2.09. The normalized spacial score (nSPS) is 11.0. The number of carbonyl (C=O) groups excluding carboxylic acids is 1. The van der Waals surface area contributed by atoms with Gasteiger partial charge in [-0.15, -0.1) is 6.58 Å². The third kappa shape index (κ3) is 4.95.